The number of aromatic hydroxyl groups is 1. The second-order valence-electron chi connectivity index (χ2n) is 8.31. The van der Waals surface area contributed by atoms with Crippen LogP contribution in [-0.2, 0) is 0 Å². The Kier molecular flexibility index (Phi) is 8.18. The monoisotopic (exact) mass is 530 g/mol. The molecule has 182 valence electrons. The number of hydrogen-bond acceptors (Lipinski definition) is 7. The van der Waals surface area contributed by atoms with Crippen LogP contribution in [0.25, 0.3) is 5.82 Å². The number of hydrogen-bond donors (Lipinski definition) is 1. The van der Waals surface area contributed by atoms with Gasteiger partial charge < -0.3 is 14.9 Å². The Morgan fingerprint density at radius 1 is 0.686 bits per heavy atom. The van der Waals surface area contributed by atoms with Crippen molar-refractivity contribution in [1.29, 1.82) is 0 Å². The summed E-state index contributed by atoms with van der Waals surface area (Å²) in [7, 11) is 2.16. The number of phenols is 1. The third-order valence-corrected chi connectivity index (χ3v) is 6.09. The summed E-state index contributed by atoms with van der Waals surface area (Å²) in [6.45, 7) is 4.20. The van der Waals surface area contributed by atoms with E-state index in [0.717, 1.165) is 58.7 Å². The number of amidine groups is 1. The molecule has 3 aliphatic heterocycles. The normalized spacial score (nSPS) is 17.3. The van der Waals surface area contributed by atoms with Crippen molar-refractivity contribution in [3.8, 4) is 5.75 Å². The zero-order valence-corrected chi connectivity index (χ0v) is 21.4. The van der Waals surface area contributed by atoms with Crippen LogP contribution in [0.15, 0.2) is 80.6 Å². The summed E-state index contributed by atoms with van der Waals surface area (Å²) in [5.74, 6) is 1.57. The minimum atomic E-state index is 0. The molecule has 0 bridgehead atoms. The Labute approximate surface area is 221 Å². The highest BCUT2D eigenvalue weighted by atomic mass is 35.5. The zero-order chi connectivity index (χ0) is 21.7. The first-order valence-corrected chi connectivity index (χ1v) is 10.7. The largest absolute Gasteiger partial charge is 0.508 e. The molecule has 3 aliphatic rings. The van der Waals surface area contributed by atoms with Crippen molar-refractivity contribution in [3.63, 3.8) is 0 Å². The van der Waals surface area contributed by atoms with Crippen LogP contribution in [0.1, 0.15) is 5.56 Å². The van der Waals surface area contributed by atoms with E-state index in [1.54, 1.807) is 12.1 Å². The first-order chi connectivity index (χ1) is 15.6. The molecule has 6 rings (SSSR count). The molecule has 0 unspecified atom stereocenters. The maximum Gasteiger partial charge on any atom is 0.160 e. The lowest BCUT2D eigenvalue weighted by atomic mass is 10.2. The van der Waals surface area contributed by atoms with Crippen molar-refractivity contribution in [3.05, 3.63) is 87.5 Å². The van der Waals surface area contributed by atoms with E-state index in [2.05, 4.69) is 45.0 Å². The van der Waals surface area contributed by atoms with Gasteiger partial charge in [0.2, 0.25) is 0 Å². The predicted molar refractivity (Wildman–Crippen MR) is 145 cm³/mol. The minimum absolute atomic E-state index is 0. The van der Waals surface area contributed by atoms with Gasteiger partial charge in [-0.2, -0.15) is 0 Å². The molecule has 0 amide bonds. The lowest BCUT2D eigenvalue weighted by Crippen LogP contribution is -2.45. The molecule has 0 aliphatic carbocycles. The van der Waals surface area contributed by atoms with Crippen LogP contribution in [0.4, 0.5) is 11.4 Å². The lowest BCUT2D eigenvalue weighted by Gasteiger charge is -2.33. The van der Waals surface area contributed by atoms with Crippen molar-refractivity contribution in [1.82, 2.24) is 4.90 Å². The van der Waals surface area contributed by atoms with Crippen molar-refractivity contribution in [2.24, 2.45) is 20.0 Å². The van der Waals surface area contributed by atoms with Crippen LogP contribution in [0.3, 0.4) is 0 Å². The fraction of sp³-hybridized carbons (Fsp3) is 0.200. The van der Waals surface area contributed by atoms with Gasteiger partial charge in [-0.15, -0.1) is 37.2 Å². The summed E-state index contributed by atoms with van der Waals surface area (Å²) in [5, 5.41) is 13.1. The number of halogens is 3. The number of phenolic OH excluding ortho intramolecular Hbond substituents is 1. The number of fused-ring (bicyclic) bond motifs is 2. The fourth-order valence-electron chi connectivity index (χ4n) is 4.18. The van der Waals surface area contributed by atoms with Crippen molar-refractivity contribution >= 4 is 60.3 Å². The molecule has 1 saturated heterocycles. The molecule has 3 aromatic rings. The average molecular weight is 532 g/mol. The van der Waals surface area contributed by atoms with Crippen molar-refractivity contribution in [2.75, 3.05) is 38.1 Å². The molecule has 0 saturated carbocycles. The van der Waals surface area contributed by atoms with Gasteiger partial charge in [0, 0.05) is 42.6 Å². The lowest BCUT2D eigenvalue weighted by molar-refractivity contribution is 0.313. The standard InChI is InChI=1S/C25H22N6O.3ClH/c1-30-10-12-31(13-11-30)18-5-9-21-23(15-18)29-25(27-21)17-4-8-20-22(14-17)28-24(26-20)16-2-6-19(32)7-3-16;;;/h2-9,14-15,32H,10-13H2,1H3;3*1H. The number of likely N-dealkylation sites (N-methyl/N-ethyl adjacent to an activating group) is 1. The molecule has 35 heavy (non-hydrogen) atoms. The van der Waals surface area contributed by atoms with Crippen LogP contribution in [-0.4, -0.2) is 49.1 Å². The van der Waals surface area contributed by atoms with Gasteiger partial charge in [-0.25, -0.2) is 20.0 Å². The molecule has 0 spiro atoms. The van der Waals surface area contributed by atoms with Crippen molar-refractivity contribution < 1.29 is 5.11 Å². The summed E-state index contributed by atoms with van der Waals surface area (Å²) < 4.78 is 0. The maximum atomic E-state index is 9.51. The number of nitrogens with zero attached hydrogens (tertiary/aromatic N) is 6. The van der Waals surface area contributed by atoms with Gasteiger partial charge in [0.15, 0.2) is 11.7 Å². The van der Waals surface area contributed by atoms with Crippen LogP contribution < -0.4 is 26.2 Å². The molecular weight excluding hydrogens is 507 g/mol. The van der Waals surface area contributed by atoms with Crippen LogP contribution in [0, 0.1) is 0 Å². The molecular formula is C25H25Cl3N6O. The van der Waals surface area contributed by atoms with Crippen molar-refractivity contribution in [2.45, 2.75) is 0 Å². The highest BCUT2D eigenvalue weighted by molar-refractivity contribution is 6.02. The average Bonchev–Trinajstić information content (AvgIpc) is 3.43. The van der Waals surface area contributed by atoms with E-state index in [1.165, 1.54) is 5.69 Å². The Balaban J connectivity index is 0.00000114. The second-order valence-corrected chi connectivity index (χ2v) is 8.31. The molecule has 0 radical (unpaired) electrons. The summed E-state index contributed by atoms with van der Waals surface area (Å²) in [6.07, 6.45) is 0. The van der Waals surface area contributed by atoms with E-state index in [4.69, 9.17) is 9.98 Å². The van der Waals surface area contributed by atoms with Crippen LogP contribution in [0.5, 0.6) is 5.75 Å². The van der Waals surface area contributed by atoms with Gasteiger partial charge in [0.1, 0.15) is 5.75 Å². The van der Waals surface area contributed by atoms with E-state index >= 15 is 0 Å². The van der Waals surface area contributed by atoms with E-state index in [9.17, 15) is 5.11 Å². The maximum absolute atomic E-state index is 9.51. The SMILES string of the molecule is CN1CCN(c2ccc3c(c2)=NC(=c2ccc4c(c2)N=C(c2ccc(O)cc2)N=4)N=3)CC1.Cl.Cl.Cl. The molecule has 1 fully saturated rings. The molecule has 3 aromatic carbocycles. The zero-order valence-electron chi connectivity index (χ0n) is 19.0. The van der Waals surface area contributed by atoms with Gasteiger partial charge in [0.05, 0.1) is 21.8 Å². The number of benzene rings is 3. The third kappa shape index (κ3) is 5.18. The summed E-state index contributed by atoms with van der Waals surface area (Å²) >= 11 is 0. The van der Waals surface area contributed by atoms with Gasteiger partial charge >= 0.3 is 0 Å². The van der Waals surface area contributed by atoms with Gasteiger partial charge in [-0.05, 0) is 67.7 Å². The van der Waals surface area contributed by atoms with Gasteiger partial charge in [-0.1, -0.05) is 0 Å². The van der Waals surface area contributed by atoms with E-state index in [1.807, 2.05) is 30.3 Å². The van der Waals surface area contributed by atoms with E-state index in [0.29, 0.717) is 11.7 Å². The highest BCUT2D eigenvalue weighted by Crippen LogP contribution is 2.17. The molecule has 0 atom stereocenters. The Bertz CT molecular complexity index is 1510. The van der Waals surface area contributed by atoms with Gasteiger partial charge in [-0.3, -0.25) is 0 Å². The summed E-state index contributed by atoms with van der Waals surface area (Å²) in [5.41, 5.74) is 2.87. The minimum Gasteiger partial charge on any atom is -0.508 e. The second kappa shape index (κ2) is 10.7. The topological polar surface area (TPSA) is 76.2 Å². The molecule has 3 heterocycles. The Hall–Kier alpha value is -2.97. The Morgan fingerprint density at radius 3 is 2.11 bits per heavy atom. The summed E-state index contributed by atoms with van der Waals surface area (Å²) in [4.78, 5) is 23.6. The molecule has 10 heteroatoms. The van der Waals surface area contributed by atoms with Crippen LogP contribution >= 0.6 is 37.2 Å². The predicted octanol–water partition coefficient (Wildman–Crippen LogP) is 2.14. The van der Waals surface area contributed by atoms with Gasteiger partial charge in [0.25, 0.3) is 0 Å². The Morgan fingerprint density at radius 2 is 1.37 bits per heavy atom. The molecule has 0 aromatic heterocycles. The van der Waals surface area contributed by atoms with Crippen LogP contribution in [0.2, 0.25) is 0 Å². The first-order valence-electron chi connectivity index (χ1n) is 10.7. The highest BCUT2D eigenvalue weighted by Gasteiger charge is 2.16. The first kappa shape index (κ1) is 26.6. The molecule has 1 N–H and O–H groups in total. The summed E-state index contributed by atoms with van der Waals surface area (Å²) in [6, 6.07) is 19.2. The third-order valence-electron chi connectivity index (χ3n) is 6.09. The number of piperazine rings is 1. The quantitative estimate of drug-likeness (QED) is 0.551. The molecule has 7 nitrogen and oxygen atoms in total. The smallest absolute Gasteiger partial charge is 0.160 e. The number of rotatable bonds is 2. The fourth-order valence-corrected chi connectivity index (χ4v) is 4.18. The number of anilines is 1. The van der Waals surface area contributed by atoms with E-state index < -0.39 is 0 Å². The van der Waals surface area contributed by atoms with E-state index in [-0.39, 0.29) is 43.0 Å². The number of aliphatic imine (C=N–C) groups is 1.